The van der Waals surface area contributed by atoms with Crippen molar-refractivity contribution in [1.29, 1.82) is 0 Å². The lowest BCUT2D eigenvalue weighted by Gasteiger charge is -2.25. The molecule has 1 fully saturated rings. The van der Waals surface area contributed by atoms with Gasteiger partial charge in [0, 0.05) is 40.7 Å². The molecule has 4 atom stereocenters. The summed E-state index contributed by atoms with van der Waals surface area (Å²) in [4.78, 5) is 16.5. The lowest BCUT2D eigenvalue weighted by Crippen LogP contribution is -2.33. The minimum atomic E-state index is -3.78. The van der Waals surface area contributed by atoms with E-state index < -0.39 is 57.2 Å². The second kappa shape index (κ2) is 13.6. The van der Waals surface area contributed by atoms with Gasteiger partial charge in [0.15, 0.2) is 0 Å². The van der Waals surface area contributed by atoms with Crippen LogP contribution in [0, 0.1) is 23.3 Å². The van der Waals surface area contributed by atoms with E-state index >= 15 is 4.39 Å². The molecule has 0 aliphatic carbocycles. The van der Waals surface area contributed by atoms with E-state index in [0.717, 1.165) is 24.3 Å². The number of rotatable bonds is 12. The van der Waals surface area contributed by atoms with Crippen LogP contribution in [0.2, 0.25) is 0 Å². The van der Waals surface area contributed by atoms with Crippen LogP contribution in [0.25, 0.3) is 10.4 Å². The summed E-state index contributed by atoms with van der Waals surface area (Å²) in [5.41, 5.74) is 9.64. The Labute approximate surface area is 262 Å². The quantitative estimate of drug-likeness (QED) is 0.0600. The monoisotopic (exact) mass is 653 g/mol. The second-order valence-electron chi connectivity index (χ2n) is 10.6. The molecule has 0 saturated carbocycles. The number of hydrogen-bond acceptors (Lipinski definition) is 5. The molecule has 238 valence electrons. The maximum atomic E-state index is 15.1. The van der Waals surface area contributed by atoms with Gasteiger partial charge in [-0.3, -0.25) is 4.79 Å². The molecule has 4 aromatic carbocycles. The standard InChI is InChI=1S/C32H27F4N5O4S/c1-45-25-10-12-26(13-11-25)46(43,44)41-18-24(41)9-14-27-28(36)3-2-4-29(27)38-32(42)31(39-40-37)30(19-5-7-21(33)8-6-19)20-15-22(34)17-23(35)16-20/h2-8,10-13,15-17,24,30-31H,9,14,18H2,1H3,(H,38,42)/t24?,30-,31-,41?/m0/s1. The van der Waals surface area contributed by atoms with E-state index in [9.17, 15) is 31.9 Å². The van der Waals surface area contributed by atoms with Crippen LogP contribution in [0.1, 0.15) is 29.0 Å². The number of carbonyl (C=O) groups is 1. The van der Waals surface area contributed by atoms with Gasteiger partial charge >= 0.3 is 0 Å². The zero-order chi connectivity index (χ0) is 33.0. The van der Waals surface area contributed by atoms with E-state index in [-0.39, 0.29) is 46.7 Å². The summed E-state index contributed by atoms with van der Waals surface area (Å²) < 4.78 is 89.8. The maximum absolute atomic E-state index is 15.1. The fraction of sp³-hybridized carbons (Fsp3) is 0.219. The first-order valence-corrected chi connectivity index (χ1v) is 15.5. The van der Waals surface area contributed by atoms with Crippen molar-refractivity contribution in [3.8, 4) is 5.75 Å². The number of amides is 1. The third-order valence-electron chi connectivity index (χ3n) is 7.67. The first kappa shape index (κ1) is 32.5. The Kier molecular flexibility index (Phi) is 9.61. The van der Waals surface area contributed by atoms with Crippen LogP contribution in [-0.4, -0.2) is 44.4 Å². The predicted molar refractivity (Wildman–Crippen MR) is 162 cm³/mol. The molecule has 46 heavy (non-hydrogen) atoms. The van der Waals surface area contributed by atoms with Gasteiger partial charge < -0.3 is 10.1 Å². The second-order valence-corrected chi connectivity index (χ2v) is 12.5. The number of hydrogen-bond donors (Lipinski definition) is 1. The van der Waals surface area contributed by atoms with Crippen LogP contribution < -0.4 is 10.1 Å². The van der Waals surface area contributed by atoms with Gasteiger partial charge in [0.25, 0.3) is 0 Å². The van der Waals surface area contributed by atoms with Crippen molar-refractivity contribution < 1.29 is 35.5 Å². The highest BCUT2D eigenvalue weighted by Crippen LogP contribution is 2.35. The van der Waals surface area contributed by atoms with Gasteiger partial charge in [-0.25, -0.2) is 26.0 Å². The summed E-state index contributed by atoms with van der Waals surface area (Å²) >= 11 is 0. The Morgan fingerprint density at radius 2 is 1.65 bits per heavy atom. The normalized spacial score (nSPS) is 17.0. The van der Waals surface area contributed by atoms with E-state index in [2.05, 4.69) is 15.3 Å². The maximum Gasteiger partial charge on any atom is 0.243 e. The van der Waals surface area contributed by atoms with Crippen molar-refractivity contribution >= 4 is 21.6 Å². The molecule has 9 nitrogen and oxygen atoms in total. The summed E-state index contributed by atoms with van der Waals surface area (Å²) in [6.45, 7) is 0.229. The van der Waals surface area contributed by atoms with Crippen molar-refractivity contribution in [2.24, 2.45) is 5.11 Å². The molecule has 0 bridgehead atoms. The van der Waals surface area contributed by atoms with Gasteiger partial charge in [-0.1, -0.05) is 23.3 Å². The topological polar surface area (TPSA) is 124 Å². The third-order valence-corrected chi connectivity index (χ3v) is 9.60. The largest absolute Gasteiger partial charge is 0.497 e. The molecule has 0 radical (unpaired) electrons. The first-order chi connectivity index (χ1) is 22.0. The summed E-state index contributed by atoms with van der Waals surface area (Å²) in [5.74, 6) is -4.82. The van der Waals surface area contributed by atoms with E-state index in [1.54, 1.807) is 0 Å². The van der Waals surface area contributed by atoms with Crippen LogP contribution >= 0.6 is 0 Å². The number of methoxy groups -OCH3 is 1. The smallest absolute Gasteiger partial charge is 0.243 e. The minimum absolute atomic E-state index is 0.0385. The number of carbonyl (C=O) groups excluding carboxylic acids is 1. The van der Waals surface area contributed by atoms with Crippen molar-refractivity contribution in [3.63, 3.8) is 0 Å². The molecule has 1 heterocycles. The number of nitrogens with zero attached hydrogens (tertiary/aromatic N) is 4. The fourth-order valence-electron chi connectivity index (χ4n) is 5.33. The minimum Gasteiger partial charge on any atom is -0.497 e. The van der Waals surface area contributed by atoms with Gasteiger partial charge in [0.2, 0.25) is 15.9 Å². The van der Waals surface area contributed by atoms with Crippen molar-refractivity contribution in [2.75, 3.05) is 19.0 Å². The average Bonchev–Trinajstić information content (AvgIpc) is 3.82. The molecule has 14 heteroatoms. The molecular formula is C32H27F4N5O4S. The highest BCUT2D eigenvalue weighted by atomic mass is 32.2. The Morgan fingerprint density at radius 1 is 0.978 bits per heavy atom. The van der Waals surface area contributed by atoms with Crippen LogP contribution in [0.5, 0.6) is 5.75 Å². The van der Waals surface area contributed by atoms with E-state index in [4.69, 9.17) is 4.74 Å². The summed E-state index contributed by atoms with van der Waals surface area (Å²) in [5, 5.41) is 6.19. The summed E-state index contributed by atoms with van der Waals surface area (Å²) in [6, 6.07) is 15.2. The van der Waals surface area contributed by atoms with E-state index in [1.165, 1.54) is 66.0 Å². The van der Waals surface area contributed by atoms with Gasteiger partial charge in [-0.15, -0.1) is 0 Å². The number of sulfonamides is 1. The van der Waals surface area contributed by atoms with Crippen molar-refractivity contribution in [3.05, 3.63) is 135 Å². The number of nitrogens with one attached hydrogen (secondary N) is 1. The highest BCUT2D eigenvalue weighted by molar-refractivity contribution is 7.89. The Bertz CT molecular complexity index is 1880. The Morgan fingerprint density at radius 3 is 2.28 bits per heavy atom. The number of benzene rings is 4. The molecule has 4 aromatic rings. The third kappa shape index (κ3) is 7.15. The number of azide groups is 1. The molecule has 0 spiro atoms. The lowest BCUT2D eigenvalue weighted by atomic mass is 9.84. The first-order valence-electron chi connectivity index (χ1n) is 14.0. The van der Waals surface area contributed by atoms with Crippen molar-refractivity contribution in [1.82, 2.24) is 4.31 Å². The zero-order valence-electron chi connectivity index (χ0n) is 24.3. The lowest BCUT2D eigenvalue weighted by molar-refractivity contribution is -0.117. The van der Waals surface area contributed by atoms with Gasteiger partial charge in [-0.05, 0) is 90.2 Å². The molecule has 0 aromatic heterocycles. The number of halogens is 4. The highest BCUT2D eigenvalue weighted by Gasteiger charge is 2.44. The van der Waals surface area contributed by atoms with Crippen molar-refractivity contribution in [2.45, 2.75) is 35.7 Å². The average molecular weight is 654 g/mol. The SMILES string of the molecule is COc1ccc(S(=O)(=O)N2CC2CCc2c(F)cccc2NC(=O)[C@@H](N=[N+]=[N-])[C@@H](c2ccc(F)cc2)c2cc(F)cc(F)c2)cc1. The fourth-order valence-corrected chi connectivity index (χ4v) is 6.95. The predicted octanol–water partition coefficient (Wildman–Crippen LogP) is 6.71. The van der Waals surface area contributed by atoms with Crippen LogP contribution in [-0.2, 0) is 21.2 Å². The number of anilines is 1. The van der Waals surface area contributed by atoms with Gasteiger partial charge in [0.1, 0.15) is 35.1 Å². The van der Waals surface area contributed by atoms with E-state index in [1.807, 2.05) is 0 Å². The van der Waals surface area contributed by atoms with Gasteiger partial charge in [-0.2, -0.15) is 4.31 Å². The molecule has 1 amide bonds. The summed E-state index contributed by atoms with van der Waals surface area (Å²) in [6.07, 6.45) is 0.282. The Balaban J connectivity index is 1.38. The molecule has 1 saturated heterocycles. The molecule has 1 N–H and O–H groups in total. The van der Waals surface area contributed by atoms with Gasteiger partial charge in [0.05, 0.1) is 12.0 Å². The molecule has 1 aliphatic heterocycles. The zero-order valence-corrected chi connectivity index (χ0v) is 25.1. The Hall–Kier alpha value is -4.91. The van der Waals surface area contributed by atoms with Crippen LogP contribution in [0.4, 0.5) is 23.2 Å². The van der Waals surface area contributed by atoms with E-state index in [0.29, 0.717) is 11.8 Å². The number of ether oxygens (including phenoxy) is 1. The summed E-state index contributed by atoms with van der Waals surface area (Å²) in [7, 11) is -2.31. The molecule has 1 aliphatic rings. The van der Waals surface area contributed by atoms with Crippen LogP contribution in [0.3, 0.4) is 0 Å². The molecule has 5 rings (SSSR count). The molecule has 2 unspecified atom stereocenters. The van der Waals surface area contributed by atoms with Crippen LogP contribution in [0.15, 0.2) is 94.9 Å². The molecular weight excluding hydrogens is 626 g/mol.